The number of pyridine rings is 1. The van der Waals surface area contributed by atoms with Crippen LogP contribution in [0.15, 0.2) is 29.0 Å². The third-order valence-electron chi connectivity index (χ3n) is 1.14. The Morgan fingerprint density at radius 2 is 2.36 bits per heavy atom. The van der Waals surface area contributed by atoms with Crippen molar-refractivity contribution in [3.8, 4) is 0 Å². The zero-order valence-electron chi connectivity index (χ0n) is 5.87. The van der Waals surface area contributed by atoms with Crippen molar-refractivity contribution in [3.05, 3.63) is 34.6 Å². The van der Waals surface area contributed by atoms with Crippen LogP contribution in [0.25, 0.3) is 6.08 Å². The molecule has 0 bridgehead atoms. The van der Waals surface area contributed by atoms with Gasteiger partial charge in [0.25, 0.3) is 0 Å². The van der Waals surface area contributed by atoms with Crippen molar-refractivity contribution in [2.45, 2.75) is 0 Å². The highest BCUT2D eigenvalue weighted by molar-refractivity contribution is 9.10. The van der Waals surface area contributed by atoms with Gasteiger partial charge in [-0.2, -0.15) is 12.6 Å². The highest BCUT2D eigenvalue weighted by atomic mass is 79.9. The van der Waals surface area contributed by atoms with Gasteiger partial charge >= 0.3 is 0 Å². The molecule has 0 aromatic carbocycles. The van der Waals surface area contributed by atoms with E-state index < -0.39 is 0 Å². The molecule has 0 aliphatic rings. The van der Waals surface area contributed by atoms with Gasteiger partial charge in [0.05, 0.1) is 0 Å². The molecule has 1 aromatic heterocycles. The van der Waals surface area contributed by atoms with Crippen LogP contribution in [0.3, 0.4) is 0 Å². The molecular formula is C8H8BrNS. The summed E-state index contributed by atoms with van der Waals surface area (Å²) in [7, 11) is 0. The Balaban J connectivity index is 2.79. The van der Waals surface area contributed by atoms with Crippen molar-refractivity contribution in [1.29, 1.82) is 0 Å². The minimum absolute atomic E-state index is 0.756. The number of nitrogens with zero attached hydrogens (tertiary/aromatic N) is 1. The first-order valence-electron chi connectivity index (χ1n) is 3.21. The number of hydrogen-bond acceptors (Lipinski definition) is 2. The summed E-state index contributed by atoms with van der Waals surface area (Å²) in [5.41, 5.74) is 1.09. The maximum atomic E-state index is 4.06. The van der Waals surface area contributed by atoms with Crippen LogP contribution in [0, 0.1) is 0 Å². The molecular weight excluding hydrogens is 222 g/mol. The van der Waals surface area contributed by atoms with Crippen LogP contribution in [0.2, 0.25) is 0 Å². The molecule has 0 fully saturated rings. The zero-order chi connectivity index (χ0) is 8.10. The smallest absolute Gasteiger partial charge is 0.0410 e. The van der Waals surface area contributed by atoms with Crippen LogP contribution in [0.5, 0.6) is 0 Å². The predicted octanol–water partition coefficient (Wildman–Crippen LogP) is 2.79. The van der Waals surface area contributed by atoms with E-state index in [0.29, 0.717) is 0 Å². The summed E-state index contributed by atoms with van der Waals surface area (Å²) < 4.78 is 0.999. The fraction of sp³-hybridized carbons (Fsp3) is 0.125. The second-order valence-electron chi connectivity index (χ2n) is 2.02. The van der Waals surface area contributed by atoms with Crippen LogP contribution >= 0.6 is 28.6 Å². The van der Waals surface area contributed by atoms with Gasteiger partial charge in [0, 0.05) is 22.6 Å². The van der Waals surface area contributed by atoms with Crippen LogP contribution in [-0.4, -0.2) is 10.7 Å². The average molecular weight is 230 g/mol. The molecule has 0 saturated carbocycles. The molecule has 0 saturated heterocycles. The molecule has 11 heavy (non-hydrogen) atoms. The third-order valence-corrected chi connectivity index (χ3v) is 1.79. The highest BCUT2D eigenvalue weighted by Crippen LogP contribution is 2.10. The predicted molar refractivity (Wildman–Crippen MR) is 54.8 cm³/mol. The monoisotopic (exact) mass is 229 g/mol. The molecule has 0 spiro atoms. The van der Waals surface area contributed by atoms with E-state index in [0.717, 1.165) is 15.8 Å². The van der Waals surface area contributed by atoms with Gasteiger partial charge < -0.3 is 0 Å². The van der Waals surface area contributed by atoms with E-state index in [2.05, 4.69) is 33.5 Å². The molecule has 0 unspecified atom stereocenters. The highest BCUT2D eigenvalue weighted by Gasteiger charge is 1.87. The first-order valence-corrected chi connectivity index (χ1v) is 4.63. The summed E-state index contributed by atoms with van der Waals surface area (Å²) in [4.78, 5) is 4.01. The maximum absolute atomic E-state index is 4.06. The molecule has 0 aliphatic carbocycles. The maximum Gasteiger partial charge on any atom is 0.0410 e. The number of aromatic nitrogens is 1. The number of halogens is 1. The molecule has 58 valence electrons. The minimum Gasteiger partial charge on any atom is -0.263 e. The number of thiol groups is 1. The minimum atomic E-state index is 0.756. The number of rotatable bonds is 2. The molecule has 1 heterocycles. The van der Waals surface area contributed by atoms with E-state index in [4.69, 9.17) is 0 Å². The summed E-state index contributed by atoms with van der Waals surface area (Å²) in [6.07, 6.45) is 7.54. The lowest BCUT2D eigenvalue weighted by molar-refractivity contribution is 1.30. The molecule has 0 aliphatic heterocycles. The second-order valence-corrected chi connectivity index (χ2v) is 3.30. The Kier molecular flexibility index (Phi) is 3.66. The van der Waals surface area contributed by atoms with Gasteiger partial charge in [-0.15, -0.1) is 0 Å². The SMILES string of the molecule is SCC=Cc1cncc(Br)c1. The lowest BCUT2D eigenvalue weighted by Crippen LogP contribution is -1.75. The van der Waals surface area contributed by atoms with Crippen LogP contribution in [0.1, 0.15) is 5.56 Å². The van der Waals surface area contributed by atoms with Crippen molar-refractivity contribution >= 4 is 34.6 Å². The molecule has 0 N–H and O–H groups in total. The zero-order valence-corrected chi connectivity index (χ0v) is 8.35. The van der Waals surface area contributed by atoms with E-state index in [1.165, 1.54) is 0 Å². The molecule has 1 aromatic rings. The average Bonchev–Trinajstić information content (AvgIpc) is 2.01. The van der Waals surface area contributed by atoms with Crippen molar-refractivity contribution in [3.63, 3.8) is 0 Å². The van der Waals surface area contributed by atoms with Gasteiger partial charge in [0.1, 0.15) is 0 Å². The summed E-state index contributed by atoms with van der Waals surface area (Å²) >= 11 is 7.40. The Morgan fingerprint density at radius 3 is 3.00 bits per heavy atom. The Bertz CT molecular complexity index is 260. The fourth-order valence-corrected chi connectivity index (χ4v) is 1.20. The van der Waals surface area contributed by atoms with Gasteiger partial charge in [-0.05, 0) is 27.6 Å². The van der Waals surface area contributed by atoms with E-state index in [9.17, 15) is 0 Å². The molecule has 0 amide bonds. The standard InChI is InChI=1S/C8H8BrNS/c9-8-4-7(2-1-3-11)5-10-6-8/h1-2,4-6,11H,3H2. The van der Waals surface area contributed by atoms with E-state index in [-0.39, 0.29) is 0 Å². The lowest BCUT2D eigenvalue weighted by atomic mass is 10.3. The van der Waals surface area contributed by atoms with Crippen molar-refractivity contribution in [2.75, 3.05) is 5.75 Å². The third kappa shape index (κ3) is 3.08. The van der Waals surface area contributed by atoms with Gasteiger partial charge in [0.2, 0.25) is 0 Å². The second kappa shape index (κ2) is 4.57. The van der Waals surface area contributed by atoms with E-state index >= 15 is 0 Å². The van der Waals surface area contributed by atoms with Gasteiger partial charge in [-0.1, -0.05) is 12.2 Å². The van der Waals surface area contributed by atoms with Gasteiger partial charge in [0.15, 0.2) is 0 Å². The molecule has 0 radical (unpaired) electrons. The van der Waals surface area contributed by atoms with Crippen LogP contribution in [0.4, 0.5) is 0 Å². The summed E-state index contributed by atoms with van der Waals surface area (Å²) in [5, 5.41) is 0. The number of hydrogen-bond donors (Lipinski definition) is 1. The van der Waals surface area contributed by atoms with Crippen molar-refractivity contribution in [2.24, 2.45) is 0 Å². The molecule has 3 heteroatoms. The molecule has 0 atom stereocenters. The largest absolute Gasteiger partial charge is 0.263 e. The summed E-state index contributed by atoms with van der Waals surface area (Å²) in [6, 6.07) is 2.01. The Labute approximate surface area is 80.1 Å². The van der Waals surface area contributed by atoms with E-state index in [1.807, 2.05) is 24.4 Å². The topological polar surface area (TPSA) is 12.9 Å². The first kappa shape index (κ1) is 8.81. The van der Waals surface area contributed by atoms with Crippen LogP contribution in [-0.2, 0) is 0 Å². The normalized spacial score (nSPS) is 10.7. The molecule has 1 rings (SSSR count). The quantitative estimate of drug-likeness (QED) is 0.771. The Morgan fingerprint density at radius 1 is 1.55 bits per heavy atom. The van der Waals surface area contributed by atoms with Gasteiger partial charge in [-0.3, -0.25) is 4.98 Å². The lowest BCUT2D eigenvalue weighted by Gasteiger charge is -1.91. The van der Waals surface area contributed by atoms with Crippen LogP contribution < -0.4 is 0 Å². The summed E-state index contributed by atoms with van der Waals surface area (Å²) in [6.45, 7) is 0. The first-order chi connectivity index (χ1) is 5.33. The van der Waals surface area contributed by atoms with Gasteiger partial charge in [-0.25, -0.2) is 0 Å². The summed E-state index contributed by atoms with van der Waals surface area (Å²) in [5.74, 6) is 0.756. The van der Waals surface area contributed by atoms with Crippen molar-refractivity contribution < 1.29 is 0 Å². The van der Waals surface area contributed by atoms with E-state index in [1.54, 1.807) is 6.20 Å². The van der Waals surface area contributed by atoms with Crippen molar-refractivity contribution in [1.82, 2.24) is 4.98 Å². The molecule has 1 nitrogen and oxygen atoms in total. The Hall–Kier alpha value is -0.280. The fourth-order valence-electron chi connectivity index (χ4n) is 0.708.